The van der Waals surface area contributed by atoms with Crippen LogP contribution in [0.15, 0.2) is 60.7 Å². The Balaban J connectivity index is 1.59. The molecular formula is C20H15FN2O2. The van der Waals surface area contributed by atoms with Crippen LogP contribution in [0.1, 0.15) is 5.56 Å². The van der Waals surface area contributed by atoms with Crippen molar-refractivity contribution < 1.29 is 14.3 Å². The Labute approximate surface area is 142 Å². The summed E-state index contributed by atoms with van der Waals surface area (Å²) in [6.45, 7) is 0. The van der Waals surface area contributed by atoms with Crippen LogP contribution >= 0.6 is 0 Å². The van der Waals surface area contributed by atoms with Gasteiger partial charge in [0.15, 0.2) is 0 Å². The summed E-state index contributed by atoms with van der Waals surface area (Å²) in [7, 11) is 0. The van der Waals surface area contributed by atoms with E-state index in [1.165, 1.54) is 18.2 Å². The summed E-state index contributed by atoms with van der Waals surface area (Å²) in [5.41, 5.74) is 2.99. The molecule has 0 aliphatic rings. The molecule has 3 aromatic carbocycles. The van der Waals surface area contributed by atoms with E-state index in [2.05, 4.69) is 10.3 Å². The maximum absolute atomic E-state index is 13.4. The number of phenols is 1. The van der Waals surface area contributed by atoms with Gasteiger partial charge in [0.25, 0.3) is 0 Å². The van der Waals surface area contributed by atoms with E-state index in [1.54, 1.807) is 24.3 Å². The quantitative estimate of drug-likeness (QED) is 0.521. The Kier molecular flexibility index (Phi) is 3.61. The van der Waals surface area contributed by atoms with Crippen LogP contribution in [0.25, 0.3) is 21.8 Å². The Morgan fingerprint density at radius 1 is 1.00 bits per heavy atom. The van der Waals surface area contributed by atoms with Crippen LogP contribution in [0, 0.1) is 5.82 Å². The van der Waals surface area contributed by atoms with E-state index in [1.807, 2.05) is 18.2 Å². The van der Waals surface area contributed by atoms with E-state index in [9.17, 15) is 14.3 Å². The number of amides is 1. The van der Waals surface area contributed by atoms with Crippen LogP contribution in [0.2, 0.25) is 0 Å². The first kappa shape index (κ1) is 15.2. The summed E-state index contributed by atoms with van der Waals surface area (Å²) in [6.07, 6.45) is 0.204. The minimum absolute atomic E-state index is 0.101. The Bertz CT molecular complexity index is 1100. The monoisotopic (exact) mass is 334 g/mol. The maximum Gasteiger partial charge on any atom is 0.228 e. The molecule has 0 bridgehead atoms. The molecule has 4 nitrogen and oxygen atoms in total. The zero-order chi connectivity index (χ0) is 17.4. The largest absolute Gasteiger partial charge is 0.508 e. The molecule has 1 amide bonds. The number of anilines is 1. The van der Waals surface area contributed by atoms with Gasteiger partial charge in [-0.2, -0.15) is 0 Å². The summed E-state index contributed by atoms with van der Waals surface area (Å²) in [6, 6.07) is 16.8. The van der Waals surface area contributed by atoms with Crippen LogP contribution in [0.3, 0.4) is 0 Å². The van der Waals surface area contributed by atoms with Gasteiger partial charge in [0.2, 0.25) is 5.91 Å². The molecule has 0 saturated carbocycles. The number of phenolic OH excluding ortho intramolecular Hbond substituents is 1. The number of hydrogen-bond donors (Lipinski definition) is 3. The maximum atomic E-state index is 13.4. The van der Waals surface area contributed by atoms with Gasteiger partial charge in [0, 0.05) is 33.6 Å². The number of aromatic hydroxyl groups is 1. The number of halogens is 1. The van der Waals surface area contributed by atoms with Gasteiger partial charge in [-0.05, 0) is 42.0 Å². The average molecular weight is 334 g/mol. The Hall–Kier alpha value is -3.34. The van der Waals surface area contributed by atoms with Crippen LogP contribution in [-0.2, 0) is 11.2 Å². The van der Waals surface area contributed by atoms with E-state index in [0.717, 1.165) is 27.4 Å². The Morgan fingerprint density at radius 3 is 2.56 bits per heavy atom. The number of carbonyl (C=O) groups excluding carboxylic acids is 1. The first-order valence-electron chi connectivity index (χ1n) is 7.87. The zero-order valence-corrected chi connectivity index (χ0v) is 13.2. The second-order valence-corrected chi connectivity index (χ2v) is 5.97. The smallest absolute Gasteiger partial charge is 0.228 e. The molecule has 0 fully saturated rings. The summed E-state index contributed by atoms with van der Waals surface area (Å²) >= 11 is 0. The van der Waals surface area contributed by atoms with E-state index in [4.69, 9.17) is 0 Å². The van der Waals surface area contributed by atoms with Gasteiger partial charge < -0.3 is 15.4 Å². The number of rotatable bonds is 3. The minimum Gasteiger partial charge on any atom is -0.508 e. The number of hydrogen-bond acceptors (Lipinski definition) is 2. The van der Waals surface area contributed by atoms with Gasteiger partial charge in [-0.1, -0.05) is 18.2 Å². The lowest BCUT2D eigenvalue weighted by Gasteiger charge is -2.06. The SMILES string of the molecule is O=C(Cc1ccc2c(c1)[nH]c1cc(F)ccc12)Nc1cccc(O)c1. The van der Waals surface area contributed by atoms with Crippen LogP contribution in [0.5, 0.6) is 5.75 Å². The Morgan fingerprint density at radius 2 is 1.76 bits per heavy atom. The highest BCUT2D eigenvalue weighted by Gasteiger charge is 2.09. The molecule has 25 heavy (non-hydrogen) atoms. The van der Waals surface area contributed by atoms with Crippen molar-refractivity contribution in [3.8, 4) is 5.75 Å². The number of nitrogens with one attached hydrogen (secondary N) is 2. The summed E-state index contributed by atoms with van der Waals surface area (Å²) < 4.78 is 13.4. The first-order valence-corrected chi connectivity index (χ1v) is 7.87. The second kappa shape index (κ2) is 5.94. The topological polar surface area (TPSA) is 65.1 Å². The molecule has 1 aromatic heterocycles. The van der Waals surface area contributed by atoms with Gasteiger partial charge in [0.1, 0.15) is 11.6 Å². The average Bonchev–Trinajstić information content (AvgIpc) is 2.91. The summed E-state index contributed by atoms with van der Waals surface area (Å²) in [5, 5.41) is 14.1. The van der Waals surface area contributed by atoms with E-state index < -0.39 is 0 Å². The summed E-state index contributed by atoms with van der Waals surface area (Å²) in [5.74, 6) is -0.360. The molecule has 0 radical (unpaired) electrons. The van der Waals surface area contributed by atoms with Crippen molar-refractivity contribution in [1.82, 2.24) is 4.98 Å². The number of aromatic amines is 1. The predicted octanol–water partition coefficient (Wildman–Crippen LogP) is 4.35. The van der Waals surface area contributed by atoms with Crippen LogP contribution < -0.4 is 5.32 Å². The van der Waals surface area contributed by atoms with E-state index >= 15 is 0 Å². The third-order valence-corrected chi connectivity index (χ3v) is 4.12. The molecule has 0 aliphatic carbocycles. The molecule has 0 unspecified atom stereocenters. The van der Waals surface area contributed by atoms with Crippen molar-refractivity contribution in [2.24, 2.45) is 0 Å². The number of aromatic nitrogens is 1. The van der Waals surface area contributed by atoms with Crippen molar-refractivity contribution in [3.05, 3.63) is 72.0 Å². The molecule has 124 valence electrons. The second-order valence-electron chi connectivity index (χ2n) is 5.97. The molecule has 3 N–H and O–H groups in total. The number of H-pyrrole nitrogens is 1. The molecule has 0 saturated heterocycles. The highest BCUT2D eigenvalue weighted by atomic mass is 19.1. The van der Waals surface area contributed by atoms with Gasteiger partial charge in [-0.25, -0.2) is 4.39 Å². The number of benzene rings is 3. The number of carbonyl (C=O) groups is 1. The third-order valence-electron chi connectivity index (χ3n) is 4.12. The molecule has 1 heterocycles. The highest BCUT2D eigenvalue weighted by molar-refractivity contribution is 6.07. The molecule has 0 aliphatic heterocycles. The lowest BCUT2D eigenvalue weighted by molar-refractivity contribution is -0.115. The molecule has 5 heteroatoms. The predicted molar refractivity (Wildman–Crippen MR) is 96.2 cm³/mol. The molecular weight excluding hydrogens is 319 g/mol. The number of fused-ring (bicyclic) bond motifs is 3. The molecule has 0 atom stereocenters. The molecule has 4 aromatic rings. The van der Waals surface area contributed by atoms with E-state index in [0.29, 0.717) is 5.69 Å². The highest BCUT2D eigenvalue weighted by Crippen LogP contribution is 2.27. The van der Waals surface area contributed by atoms with Crippen LogP contribution in [-0.4, -0.2) is 16.0 Å². The first-order chi connectivity index (χ1) is 12.1. The minimum atomic E-state index is -0.287. The normalized spacial score (nSPS) is 11.1. The van der Waals surface area contributed by atoms with Crippen molar-refractivity contribution in [3.63, 3.8) is 0 Å². The van der Waals surface area contributed by atoms with Crippen molar-refractivity contribution in [1.29, 1.82) is 0 Å². The van der Waals surface area contributed by atoms with Crippen molar-refractivity contribution >= 4 is 33.4 Å². The van der Waals surface area contributed by atoms with Gasteiger partial charge in [-0.15, -0.1) is 0 Å². The fourth-order valence-electron chi connectivity index (χ4n) is 3.01. The standard InChI is InChI=1S/C20H15FN2O2/c21-13-5-7-17-16-6-4-12(8-18(16)23-19(17)10-13)9-20(25)22-14-2-1-3-15(24)11-14/h1-8,10-11,23-24H,9H2,(H,22,25). The van der Waals surface area contributed by atoms with Gasteiger partial charge in [-0.3, -0.25) is 4.79 Å². The van der Waals surface area contributed by atoms with Gasteiger partial charge >= 0.3 is 0 Å². The molecule has 4 rings (SSSR count). The van der Waals surface area contributed by atoms with Crippen molar-refractivity contribution in [2.45, 2.75) is 6.42 Å². The lowest BCUT2D eigenvalue weighted by Crippen LogP contribution is -2.14. The van der Waals surface area contributed by atoms with Gasteiger partial charge in [0.05, 0.1) is 6.42 Å². The van der Waals surface area contributed by atoms with Crippen LogP contribution in [0.4, 0.5) is 10.1 Å². The lowest BCUT2D eigenvalue weighted by atomic mass is 10.1. The fourth-order valence-corrected chi connectivity index (χ4v) is 3.01. The zero-order valence-electron chi connectivity index (χ0n) is 13.2. The fraction of sp³-hybridized carbons (Fsp3) is 0.0500. The third kappa shape index (κ3) is 3.04. The summed E-state index contributed by atoms with van der Waals surface area (Å²) in [4.78, 5) is 15.4. The van der Waals surface area contributed by atoms with Crippen molar-refractivity contribution in [2.75, 3.05) is 5.32 Å². The van der Waals surface area contributed by atoms with E-state index in [-0.39, 0.29) is 23.9 Å². The molecule has 0 spiro atoms.